The fourth-order valence-corrected chi connectivity index (χ4v) is 3.07. The highest BCUT2D eigenvalue weighted by Gasteiger charge is 2.17. The third-order valence-corrected chi connectivity index (χ3v) is 4.86. The van der Waals surface area contributed by atoms with Gasteiger partial charge in [0.25, 0.3) is 0 Å². The minimum Gasteiger partial charge on any atom is -0.457 e. The average molecular weight is 329 g/mol. The van der Waals surface area contributed by atoms with Gasteiger partial charge in [-0.05, 0) is 31.2 Å². The maximum Gasteiger partial charge on any atom is 0.224 e. The second-order valence-electron chi connectivity index (χ2n) is 5.62. The second-order valence-corrected chi connectivity index (χ2v) is 6.65. The average Bonchev–Trinajstić information content (AvgIpc) is 3.17. The number of carbonyl (C=O) groups is 1. The highest BCUT2D eigenvalue weighted by molar-refractivity contribution is 7.21. The molecule has 120 valence electrons. The van der Waals surface area contributed by atoms with Crippen molar-refractivity contribution in [1.82, 2.24) is 10.3 Å². The summed E-state index contributed by atoms with van der Waals surface area (Å²) in [6.45, 7) is 3.98. The van der Waals surface area contributed by atoms with Gasteiger partial charge in [-0.1, -0.05) is 19.1 Å². The van der Waals surface area contributed by atoms with Gasteiger partial charge < -0.3 is 15.5 Å². The molecule has 23 heavy (non-hydrogen) atoms. The van der Waals surface area contributed by atoms with Crippen LogP contribution >= 0.6 is 11.3 Å². The lowest BCUT2D eigenvalue weighted by molar-refractivity contribution is -0.125. The Hall–Kier alpha value is -2.18. The molecule has 5 nitrogen and oxygen atoms in total. The number of nitrogens with two attached hydrogens (primary N) is 1. The van der Waals surface area contributed by atoms with Crippen molar-refractivity contribution in [3.63, 3.8) is 0 Å². The molecular weight excluding hydrogens is 310 g/mol. The van der Waals surface area contributed by atoms with Gasteiger partial charge >= 0.3 is 0 Å². The molecule has 0 spiro atoms. The molecule has 0 aliphatic heterocycles. The van der Waals surface area contributed by atoms with E-state index in [1.165, 1.54) is 0 Å². The number of hydrogen-bond acceptors (Lipinski definition) is 5. The van der Waals surface area contributed by atoms with Gasteiger partial charge in [-0.3, -0.25) is 4.79 Å². The van der Waals surface area contributed by atoms with Crippen LogP contribution < -0.4 is 11.1 Å². The van der Waals surface area contributed by atoms with Crippen molar-refractivity contribution >= 4 is 27.5 Å². The molecule has 3 aromatic rings. The van der Waals surface area contributed by atoms with Crippen molar-refractivity contribution in [2.45, 2.75) is 26.4 Å². The molecular formula is C17H19N3O2S. The molecule has 1 aromatic carbocycles. The lowest BCUT2D eigenvalue weighted by Crippen LogP contribution is -2.38. The Balaban J connectivity index is 1.69. The molecule has 0 radical (unpaired) electrons. The monoisotopic (exact) mass is 329 g/mol. The Morgan fingerprint density at radius 3 is 2.83 bits per heavy atom. The van der Waals surface area contributed by atoms with Crippen LogP contribution in [0.25, 0.3) is 21.0 Å². The third kappa shape index (κ3) is 3.43. The molecule has 1 amide bonds. The number of thiazole rings is 1. The largest absolute Gasteiger partial charge is 0.457 e. The van der Waals surface area contributed by atoms with Crippen molar-refractivity contribution in [3.8, 4) is 10.8 Å². The topological polar surface area (TPSA) is 81.2 Å². The van der Waals surface area contributed by atoms with Gasteiger partial charge in [-0.15, -0.1) is 11.3 Å². The summed E-state index contributed by atoms with van der Waals surface area (Å²) in [5.41, 5.74) is 6.69. The van der Waals surface area contributed by atoms with Crippen molar-refractivity contribution < 1.29 is 9.21 Å². The maximum absolute atomic E-state index is 11.9. The van der Waals surface area contributed by atoms with Crippen molar-refractivity contribution in [1.29, 1.82) is 0 Å². The zero-order valence-corrected chi connectivity index (χ0v) is 13.9. The summed E-state index contributed by atoms with van der Waals surface area (Å²) in [5, 5.41) is 3.68. The van der Waals surface area contributed by atoms with Crippen molar-refractivity contribution in [2.24, 2.45) is 11.7 Å². The van der Waals surface area contributed by atoms with E-state index in [4.69, 9.17) is 10.2 Å². The van der Waals surface area contributed by atoms with Crippen molar-refractivity contribution in [2.75, 3.05) is 0 Å². The summed E-state index contributed by atoms with van der Waals surface area (Å²) in [6, 6.07) is 11.5. The summed E-state index contributed by atoms with van der Waals surface area (Å²) >= 11 is 1.59. The molecule has 0 bridgehead atoms. The minimum atomic E-state index is -0.228. The first-order valence-corrected chi connectivity index (χ1v) is 8.34. The molecule has 0 aliphatic carbocycles. The van der Waals surface area contributed by atoms with Crippen LogP contribution in [0.3, 0.4) is 0 Å². The number of nitrogens with one attached hydrogen (secondary N) is 1. The molecule has 2 unspecified atom stereocenters. The molecule has 0 saturated heterocycles. The smallest absolute Gasteiger partial charge is 0.224 e. The number of carbonyl (C=O) groups excluding carboxylic acids is 1. The number of para-hydroxylation sites is 1. The SMILES string of the molecule is CC(N)C(C)C(=O)NCc1ccc(-c2nc3ccccc3s2)o1. The summed E-state index contributed by atoms with van der Waals surface area (Å²) in [4.78, 5) is 16.5. The fraction of sp³-hybridized carbons (Fsp3) is 0.294. The number of hydrogen-bond donors (Lipinski definition) is 2. The number of benzene rings is 1. The number of aromatic nitrogens is 1. The molecule has 2 heterocycles. The van der Waals surface area contributed by atoms with Gasteiger partial charge in [-0.25, -0.2) is 4.98 Å². The summed E-state index contributed by atoms with van der Waals surface area (Å²) in [6.07, 6.45) is 0. The van der Waals surface area contributed by atoms with Crippen LogP contribution in [-0.4, -0.2) is 16.9 Å². The molecule has 3 N–H and O–H groups in total. The summed E-state index contributed by atoms with van der Waals surface area (Å²) in [7, 11) is 0. The first-order chi connectivity index (χ1) is 11.0. The van der Waals surface area contributed by atoms with Gasteiger partial charge in [-0.2, -0.15) is 0 Å². The van der Waals surface area contributed by atoms with Gasteiger partial charge in [0.1, 0.15) is 5.76 Å². The van der Waals surface area contributed by atoms with Crippen LogP contribution in [-0.2, 0) is 11.3 Å². The van der Waals surface area contributed by atoms with E-state index < -0.39 is 0 Å². The highest BCUT2D eigenvalue weighted by atomic mass is 32.1. The lowest BCUT2D eigenvalue weighted by atomic mass is 10.0. The van der Waals surface area contributed by atoms with Crippen LogP contribution in [0, 0.1) is 5.92 Å². The second kappa shape index (κ2) is 6.52. The molecule has 3 rings (SSSR count). The van der Waals surface area contributed by atoms with Gasteiger partial charge in [0.05, 0.1) is 16.8 Å². The van der Waals surface area contributed by atoms with Crippen LogP contribution in [0.1, 0.15) is 19.6 Å². The fourth-order valence-electron chi connectivity index (χ4n) is 2.14. The van der Waals surface area contributed by atoms with Crippen molar-refractivity contribution in [3.05, 3.63) is 42.2 Å². The Labute approximate surface area is 138 Å². The van der Waals surface area contributed by atoms with E-state index in [0.717, 1.165) is 21.0 Å². The molecule has 6 heteroatoms. The molecule has 0 fully saturated rings. The maximum atomic E-state index is 11.9. The van der Waals surface area contributed by atoms with Gasteiger partial charge in [0.2, 0.25) is 5.91 Å². The zero-order valence-electron chi connectivity index (χ0n) is 13.1. The Bertz CT molecular complexity index is 789. The first kappa shape index (κ1) is 15.7. The summed E-state index contributed by atoms with van der Waals surface area (Å²) < 4.78 is 6.92. The predicted octanol–water partition coefficient (Wildman–Crippen LogP) is 3.16. The molecule has 2 atom stereocenters. The van der Waals surface area contributed by atoms with E-state index >= 15 is 0 Å². The first-order valence-electron chi connectivity index (χ1n) is 7.52. The molecule has 2 aromatic heterocycles. The zero-order chi connectivity index (χ0) is 16.4. The predicted molar refractivity (Wildman–Crippen MR) is 92.0 cm³/mol. The Morgan fingerprint density at radius 1 is 1.30 bits per heavy atom. The van der Waals surface area contributed by atoms with Gasteiger partial charge in [0.15, 0.2) is 10.8 Å². The van der Waals surface area contributed by atoms with E-state index in [1.807, 2.05) is 50.2 Å². The Morgan fingerprint density at radius 2 is 2.09 bits per heavy atom. The number of fused-ring (bicyclic) bond motifs is 1. The standard InChI is InChI=1S/C17H19N3O2S/c1-10(11(2)18)16(21)19-9-12-7-8-14(22-12)17-20-13-5-3-4-6-15(13)23-17/h3-8,10-11H,9,18H2,1-2H3,(H,19,21). The number of nitrogens with zero attached hydrogens (tertiary/aromatic N) is 1. The number of amides is 1. The van der Waals surface area contributed by atoms with Crippen LogP contribution in [0.5, 0.6) is 0 Å². The van der Waals surface area contributed by atoms with E-state index in [0.29, 0.717) is 12.3 Å². The molecule has 0 saturated carbocycles. The van der Waals surface area contributed by atoms with Gasteiger partial charge in [0, 0.05) is 12.0 Å². The number of rotatable bonds is 5. The third-order valence-electron chi connectivity index (χ3n) is 3.81. The van der Waals surface area contributed by atoms with E-state index in [-0.39, 0.29) is 17.9 Å². The normalized spacial score (nSPS) is 13.9. The molecule has 0 aliphatic rings. The van der Waals surface area contributed by atoms with E-state index in [9.17, 15) is 4.79 Å². The Kier molecular flexibility index (Phi) is 4.45. The number of furan rings is 1. The lowest BCUT2D eigenvalue weighted by Gasteiger charge is -2.14. The van der Waals surface area contributed by atoms with Crippen LogP contribution in [0.15, 0.2) is 40.8 Å². The van der Waals surface area contributed by atoms with E-state index in [1.54, 1.807) is 11.3 Å². The minimum absolute atomic E-state index is 0.0714. The quantitative estimate of drug-likeness (QED) is 0.753. The van der Waals surface area contributed by atoms with Crippen LogP contribution in [0.2, 0.25) is 0 Å². The van der Waals surface area contributed by atoms with E-state index in [2.05, 4.69) is 10.3 Å². The highest BCUT2D eigenvalue weighted by Crippen LogP contribution is 2.31. The van der Waals surface area contributed by atoms with Crippen LogP contribution in [0.4, 0.5) is 0 Å². The summed E-state index contributed by atoms with van der Waals surface area (Å²) in [5.74, 6) is 1.12.